The molecule has 0 saturated carbocycles. The van der Waals surface area contributed by atoms with E-state index in [1.54, 1.807) is 0 Å². The predicted octanol–water partition coefficient (Wildman–Crippen LogP) is 4.24. The van der Waals surface area contributed by atoms with E-state index in [1.807, 2.05) is 20.8 Å². The molecule has 0 aromatic rings. The van der Waals surface area contributed by atoms with Crippen molar-refractivity contribution >= 4 is 18.4 Å². The van der Waals surface area contributed by atoms with Crippen LogP contribution in [0.2, 0.25) is 0 Å². The number of hydrogen-bond acceptors (Lipinski definition) is 2. The maximum Gasteiger partial charge on any atom is 0.111 e. The number of Topliss-reactive ketones (excluding diaryl/α,β-unsaturated/α-hetero) is 1. The summed E-state index contributed by atoms with van der Waals surface area (Å²) < 4.78 is 0. The van der Waals surface area contributed by atoms with Crippen molar-refractivity contribution < 1.29 is 37.5 Å². The van der Waals surface area contributed by atoms with Crippen LogP contribution < -0.4 is 0 Å². The van der Waals surface area contributed by atoms with Crippen LogP contribution in [-0.2, 0) is 37.5 Å². The normalized spacial score (nSPS) is 13.0. The molecule has 0 heterocycles. The quantitative estimate of drug-likeness (QED) is 0.591. The van der Waals surface area contributed by atoms with Gasteiger partial charge >= 0.3 is 0 Å². The Morgan fingerprint density at radius 2 is 1.47 bits per heavy atom. The van der Waals surface area contributed by atoms with Crippen LogP contribution in [0.25, 0.3) is 0 Å². The fourth-order valence-electron chi connectivity index (χ4n) is 1.44. The summed E-state index contributed by atoms with van der Waals surface area (Å²) in [5, 5.41) is 0. The molecule has 1 atom stereocenters. The Morgan fingerprint density at radius 3 is 1.65 bits per heavy atom. The molecule has 0 aromatic carbocycles. The van der Waals surface area contributed by atoms with Gasteiger partial charge < -0.3 is 18.6 Å². The van der Waals surface area contributed by atoms with Gasteiger partial charge in [-0.3, -0.25) is 0 Å². The number of carbonyl (C=O) groups is 1. The molecular weight excluding hydrogens is 305 g/mol. The van der Waals surface area contributed by atoms with Crippen LogP contribution in [0.1, 0.15) is 48.0 Å². The maximum atomic E-state index is 11.8. The topological polar surface area (TPSA) is 17.1 Å². The molecule has 0 aromatic heterocycles. The number of thiol groups is 1. The average Bonchev–Trinajstić information content (AvgIpc) is 1.99. The first-order chi connectivity index (χ1) is 6.95. The molecule has 3 heteroatoms. The van der Waals surface area contributed by atoms with Crippen molar-refractivity contribution in [2.75, 3.05) is 5.75 Å². The van der Waals surface area contributed by atoms with E-state index in [0.717, 1.165) is 6.42 Å². The number of hydrogen-bond donors (Lipinski definition) is 1. The Labute approximate surface area is 139 Å². The summed E-state index contributed by atoms with van der Waals surface area (Å²) in [4.78, 5) is 11.8. The van der Waals surface area contributed by atoms with Gasteiger partial charge in [0.25, 0.3) is 0 Å². The second kappa shape index (κ2) is 9.98. The van der Waals surface area contributed by atoms with Crippen LogP contribution in [0.5, 0.6) is 0 Å². The standard InChI is InChI=1S/C12H23O.C2H5S.Y/c1-9(8-11(2,3)4)10(13)12(5,6)7;1-2-3;/h9H,1,8H2,2-7H3;3H,1-2H2;/q2*-1;. The zero-order valence-corrected chi connectivity index (χ0v) is 16.1. The van der Waals surface area contributed by atoms with Crippen LogP contribution in [0.3, 0.4) is 0 Å². The summed E-state index contributed by atoms with van der Waals surface area (Å²) >= 11 is 3.68. The van der Waals surface area contributed by atoms with Gasteiger partial charge in [-0.05, 0) is 5.41 Å². The Hall–Kier alpha value is 1.12. The molecule has 101 valence electrons. The van der Waals surface area contributed by atoms with E-state index >= 15 is 0 Å². The summed E-state index contributed by atoms with van der Waals surface area (Å²) in [7, 11) is 0. The van der Waals surface area contributed by atoms with Gasteiger partial charge in [-0.25, -0.2) is 12.6 Å². The third-order valence-corrected chi connectivity index (χ3v) is 1.97. The minimum Gasteiger partial charge on any atom is -0.334 e. The molecule has 0 saturated heterocycles. The third-order valence-electron chi connectivity index (χ3n) is 1.97. The Kier molecular flexibility index (Phi) is 13.6. The summed E-state index contributed by atoms with van der Waals surface area (Å²) in [6.07, 6.45) is 0.864. The molecule has 1 radical (unpaired) electrons. The molecule has 0 spiro atoms. The first kappa shape index (κ1) is 23.2. The van der Waals surface area contributed by atoms with E-state index in [2.05, 4.69) is 47.2 Å². The SMILES string of the molecule is [CH2-]C(CC(C)(C)C)C(=O)C(C)(C)C.[CH2-]CS.[Y]. The Balaban J connectivity index is -0.000000440. The molecule has 1 unspecified atom stereocenters. The van der Waals surface area contributed by atoms with Crippen LogP contribution in [0.15, 0.2) is 0 Å². The van der Waals surface area contributed by atoms with Gasteiger partial charge in [0.15, 0.2) is 0 Å². The average molecular weight is 333 g/mol. The van der Waals surface area contributed by atoms with E-state index in [-0.39, 0.29) is 55.2 Å². The molecule has 0 bridgehead atoms. The van der Waals surface area contributed by atoms with Gasteiger partial charge in [-0.1, -0.05) is 48.0 Å². The smallest absolute Gasteiger partial charge is 0.111 e. The number of carbonyl (C=O) groups excluding carboxylic acids is 1. The van der Waals surface area contributed by atoms with E-state index in [4.69, 9.17) is 0 Å². The van der Waals surface area contributed by atoms with E-state index < -0.39 is 0 Å². The molecule has 0 fully saturated rings. The summed E-state index contributed by atoms with van der Waals surface area (Å²) in [6.45, 7) is 19.6. The van der Waals surface area contributed by atoms with Crippen LogP contribution in [0.4, 0.5) is 0 Å². The van der Waals surface area contributed by atoms with Crippen molar-refractivity contribution in [3.8, 4) is 0 Å². The van der Waals surface area contributed by atoms with Gasteiger partial charge in [0.2, 0.25) is 0 Å². The predicted molar refractivity (Wildman–Crippen MR) is 76.6 cm³/mol. The van der Waals surface area contributed by atoms with E-state index in [9.17, 15) is 4.79 Å². The van der Waals surface area contributed by atoms with Gasteiger partial charge in [-0.15, -0.1) is 11.7 Å². The zero-order chi connectivity index (χ0) is 13.6. The number of ketones is 1. The first-order valence-electron chi connectivity index (χ1n) is 5.73. The van der Waals surface area contributed by atoms with E-state index in [0.29, 0.717) is 5.75 Å². The Morgan fingerprint density at radius 1 is 1.18 bits per heavy atom. The molecular formula is C14H28OSY-2. The monoisotopic (exact) mass is 333 g/mol. The van der Waals surface area contributed by atoms with Gasteiger partial charge in [0.1, 0.15) is 5.78 Å². The van der Waals surface area contributed by atoms with Gasteiger partial charge in [0, 0.05) is 38.1 Å². The molecule has 0 aliphatic carbocycles. The van der Waals surface area contributed by atoms with Crippen molar-refractivity contribution in [3.05, 3.63) is 13.8 Å². The minimum atomic E-state index is -0.252. The van der Waals surface area contributed by atoms with Crippen molar-refractivity contribution in [2.24, 2.45) is 16.7 Å². The fraction of sp³-hybridized carbons (Fsp3) is 0.786. The van der Waals surface area contributed by atoms with Crippen molar-refractivity contribution in [1.29, 1.82) is 0 Å². The van der Waals surface area contributed by atoms with Crippen molar-refractivity contribution in [2.45, 2.75) is 48.0 Å². The molecule has 0 aliphatic rings. The minimum absolute atomic E-state index is 0. The summed E-state index contributed by atoms with van der Waals surface area (Å²) in [5.41, 5.74) is -0.0645. The Bertz CT molecular complexity index is 201. The summed E-state index contributed by atoms with van der Waals surface area (Å²) in [6, 6.07) is 0. The molecule has 0 N–H and O–H groups in total. The fourth-order valence-corrected chi connectivity index (χ4v) is 1.44. The van der Waals surface area contributed by atoms with Crippen LogP contribution in [0, 0.1) is 30.6 Å². The molecule has 17 heavy (non-hydrogen) atoms. The first-order valence-corrected chi connectivity index (χ1v) is 6.36. The maximum absolute atomic E-state index is 11.8. The van der Waals surface area contributed by atoms with E-state index in [1.165, 1.54) is 0 Å². The van der Waals surface area contributed by atoms with Crippen LogP contribution >= 0.6 is 12.6 Å². The van der Waals surface area contributed by atoms with Gasteiger partial charge in [-0.2, -0.15) is 0 Å². The third kappa shape index (κ3) is 15.1. The molecule has 1 nitrogen and oxygen atoms in total. The molecule has 0 rings (SSSR count). The van der Waals surface area contributed by atoms with Crippen LogP contribution in [-0.4, -0.2) is 11.5 Å². The second-order valence-electron chi connectivity index (χ2n) is 6.30. The van der Waals surface area contributed by atoms with Gasteiger partial charge in [0.05, 0.1) is 0 Å². The van der Waals surface area contributed by atoms with Crippen molar-refractivity contribution in [1.82, 2.24) is 0 Å². The number of rotatable bonds is 2. The second-order valence-corrected chi connectivity index (χ2v) is 6.75. The largest absolute Gasteiger partial charge is 0.334 e. The van der Waals surface area contributed by atoms with Crippen molar-refractivity contribution in [3.63, 3.8) is 0 Å². The zero-order valence-electron chi connectivity index (χ0n) is 12.3. The summed E-state index contributed by atoms with van der Waals surface area (Å²) in [5.74, 6) is 0.891. The molecule has 0 amide bonds. The molecule has 0 aliphatic heterocycles.